The smallest absolute Gasteiger partial charge is 0.315 e. The fourth-order valence-electron chi connectivity index (χ4n) is 3.86. The molecular weight excluding hydrogens is 430 g/mol. The normalized spacial score (nSPS) is 18.9. The summed E-state index contributed by atoms with van der Waals surface area (Å²) in [5.41, 5.74) is 0.334. The number of thiazole rings is 1. The number of aryl methyl sites for hydroxylation is 1. The van der Waals surface area contributed by atoms with Gasteiger partial charge in [0.2, 0.25) is 5.91 Å². The summed E-state index contributed by atoms with van der Waals surface area (Å²) >= 11 is 0.681. The lowest BCUT2D eigenvalue weighted by molar-refractivity contribution is -0.132. The Labute approximate surface area is 180 Å². The van der Waals surface area contributed by atoms with E-state index in [1.54, 1.807) is 11.8 Å². The molecule has 1 saturated carbocycles. The third kappa shape index (κ3) is 5.61. The maximum atomic E-state index is 12.7. The van der Waals surface area contributed by atoms with Gasteiger partial charge < -0.3 is 20.5 Å². The molecule has 2 fully saturated rings. The summed E-state index contributed by atoms with van der Waals surface area (Å²) in [5, 5.41) is 5.67. The molecule has 1 aromatic heterocycles. The quantitative estimate of drug-likeness (QED) is 0.573. The van der Waals surface area contributed by atoms with Crippen molar-refractivity contribution >= 4 is 33.3 Å². The lowest BCUT2D eigenvalue weighted by atomic mass is 9.96. The molecule has 1 aromatic rings. The van der Waals surface area contributed by atoms with Crippen molar-refractivity contribution in [3.63, 3.8) is 0 Å². The van der Waals surface area contributed by atoms with Crippen LogP contribution in [-0.4, -0.2) is 73.3 Å². The fraction of sp³-hybridized carbons (Fsp3) is 0.722. The van der Waals surface area contributed by atoms with E-state index in [1.165, 1.54) is 10.7 Å². The highest BCUT2D eigenvalue weighted by atomic mass is 32.2. The Morgan fingerprint density at radius 3 is 2.40 bits per heavy atom. The molecule has 10 nitrogen and oxygen atoms in total. The van der Waals surface area contributed by atoms with Crippen molar-refractivity contribution in [2.75, 3.05) is 32.7 Å². The van der Waals surface area contributed by atoms with Crippen LogP contribution in [0, 0.1) is 6.92 Å². The van der Waals surface area contributed by atoms with Crippen LogP contribution < -0.4 is 15.5 Å². The van der Waals surface area contributed by atoms with Gasteiger partial charge in [-0.25, -0.2) is 13.2 Å². The summed E-state index contributed by atoms with van der Waals surface area (Å²) in [6, 6.07) is -0.0294. The number of H-pyrrole nitrogens is 1. The molecule has 0 radical (unpaired) electrons. The number of aromatic nitrogens is 1. The van der Waals surface area contributed by atoms with E-state index < -0.39 is 14.9 Å². The highest BCUT2D eigenvalue weighted by Gasteiger charge is 2.32. The Balaban J connectivity index is 1.41. The molecule has 0 atom stereocenters. The number of hydrogen-bond acceptors (Lipinski definition) is 6. The van der Waals surface area contributed by atoms with Crippen molar-refractivity contribution in [1.82, 2.24) is 24.8 Å². The van der Waals surface area contributed by atoms with Crippen molar-refractivity contribution in [3.05, 3.63) is 15.4 Å². The summed E-state index contributed by atoms with van der Waals surface area (Å²) < 4.78 is 26.8. The van der Waals surface area contributed by atoms with E-state index in [0.29, 0.717) is 17.0 Å². The van der Waals surface area contributed by atoms with Crippen molar-refractivity contribution in [1.29, 1.82) is 0 Å². The molecule has 2 heterocycles. The third-order valence-corrected chi connectivity index (χ3v) is 8.99. The van der Waals surface area contributed by atoms with Crippen LogP contribution >= 0.6 is 11.3 Å². The van der Waals surface area contributed by atoms with Crippen molar-refractivity contribution in [3.8, 4) is 0 Å². The molecule has 0 unspecified atom stereocenters. The van der Waals surface area contributed by atoms with Gasteiger partial charge in [-0.3, -0.25) is 9.59 Å². The molecule has 3 amide bonds. The first-order valence-electron chi connectivity index (χ1n) is 10.3. The van der Waals surface area contributed by atoms with E-state index >= 15 is 0 Å². The summed E-state index contributed by atoms with van der Waals surface area (Å²) in [5.74, 6) is -0.118. The van der Waals surface area contributed by atoms with E-state index in [-0.39, 0.29) is 61.3 Å². The minimum absolute atomic E-state index is 0.0282. The molecule has 0 bridgehead atoms. The number of urea groups is 1. The van der Waals surface area contributed by atoms with Crippen molar-refractivity contribution in [2.24, 2.45) is 0 Å². The zero-order valence-corrected chi connectivity index (χ0v) is 18.7. The van der Waals surface area contributed by atoms with Gasteiger partial charge in [0, 0.05) is 50.9 Å². The van der Waals surface area contributed by atoms with Gasteiger partial charge in [0.05, 0.1) is 0 Å². The molecule has 3 N–H and O–H groups in total. The monoisotopic (exact) mass is 459 g/mol. The maximum absolute atomic E-state index is 12.7. The third-order valence-electron chi connectivity index (χ3n) is 5.51. The van der Waals surface area contributed by atoms with Crippen molar-refractivity contribution in [2.45, 2.75) is 55.7 Å². The van der Waals surface area contributed by atoms with Gasteiger partial charge in [-0.15, -0.1) is 0 Å². The van der Waals surface area contributed by atoms with Gasteiger partial charge >= 0.3 is 10.9 Å². The molecule has 168 valence electrons. The Kier molecular flexibility index (Phi) is 7.53. The lowest BCUT2D eigenvalue weighted by Gasteiger charge is -2.33. The second-order valence-electron chi connectivity index (χ2n) is 7.70. The second kappa shape index (κ2) is 9.92. The largest absolute Gasteiger partial charge is 0.340 e. The number of piperazine rings is 1. The van der Waals surface area contributed by atoms with E-state index in [1.807, 2.05) is 0 Å². The molecule has 1 aliphatic carbocycles. The van der Waals surface area contributed by atoms with E-state index in [9.17, 15) is 22.8 Å². The van der Waals surface area contributed by atoms with Gasteiger partial charge in [-0.1, -0.05) is 30.6 Å². The first-order chi connectivity index (χ1) is 14.3. The maximum Gasteiger partial charge on any atom is 0.315 e. The lowest BCUT2D eigenvalue weighted by Crippen LogP contribution is -2.51. The predicted octanol–water partition coefficient (Wildman–Crippen LogP) is 0.600. The molecular formula is C18H29N5O5S2. The number of carbonyl (C=O) groups is 2. The van der Waals surface area contributed by atoms with E-state index in [2.05, 4.69) is 15.6 Å². The van der Waals surface area contributed by atoms with Crippen LogP contribution in [0.4, 0.5) is 4.79 Å². The minimum Gasteiger partial charge on any atom is -0.340 e. The number of amides is 3. The van der Waals surface area contributed by atoms with Crippen LogP contribution in [0.1, 0.15) is 44.2 Å². The Morgan fingerprint density at radius 1 is 1.13 bits per heavy atom. The number of nitrogens with zero attached hydrogens (tertiary/aromatic N) is 2. The summed E-state index contributed by atoms with van der Waals surface area (Å²) in [6.07, 6.45) is 5.65. The first kappa shape index (κ1) is 22.8. The highest BCUT2D eigenvalue weighted by Crippen LogP contribution is 2.22. The van der Waals surface area contributed by atoms with Crippen LogP contribution in [0.15, 0.2) is 9.00 Å². The molecule has 0 aromatic carbocycles. The van der Waals surface area contributed by atoms with Gasteiger partial charge in [-0.05, 0) is 19.8 Å². The summed E-state index contributed by atoms with van der Waals surface area (Å²) in [7, 11) is -3.75. The average molecular weight is 460 g/mol. The van der Waals surface area contributed by atoms with Crippen LogP contribution in [0.5, 0.6) is 0 Å². The van der Waals surface area contributed by atoms with Gasteiger partial charge in [0.1, 0.15) is 0 Å². The number of aromatic amines is 1. The number of nitrogens with one attached hydrogen (secondary N) is 3. The number of carbonyl (C=O) groups excluding carboxylic acids is 2. The van der Waals surface area contributed by atoms with Crippen LogP contribution in [-0.2, 0) is 14.8 Å². The number of sulfonamides is 1. The minimum atomic E-state index is -3.75. The van der Waals surface area contributed by atoms with E-state index in [0.717, 1.165) is 25.7 Å². The molecule has 30 heavy (non-hydrogen) atoms. The standard InChI is InChI=1S/C18H29N5O5S2/c1-13-16(29-18(26)20-13)30(27,28)23-11-9-22(10-12-23)15(24)7-8-19-17(25)21-14-5-3-2-4-6-14/h14H,2-12H2,1H3,(H,20,26)(H2,19,21,25). The number of hydrogen-bond donors (Lipinski definition) is 3. The Bertz CT molecular complexity index is 912. The van der Waals surface area contributed by atoms with Gasteiger partial charge in [-0.2, -0.15) is 4.31 Å². The number of rotatable bonds is 6. The SMILES string of the molecule is Cc1[nH]c(=O)sc1S(=O)(=O)N1CCN(C(=O)CCNC(=O)NC2CCCCC2)CC1. The zero-order chi connectivity index (χ0) is 21.7. The van der Waals surface area contributed by atoms with Crippen molar-refractivity contribution < 1.29 is 18.0 Å². The average Bonchev–Trinajstić information content (AvgIpc) is 3.07. The molecule has 1 aliphatic heterocycles. The topological polar surface area (TPSA) is 132 Å². The molecule has 1 saturated heterocycles. The van der Waals surface area contributed by atoms with Gasteiger partial charge in [0.15, 0.2) is 4.21 Å². The fourth-order valence-corrected chi connectivity index (χ4v) is 6.71. The Morgan fingerprint density at radius 2 is 1.80 bits per heavy atom. The predicted molar refractivity (Wildman–Crippen MR) is 113 cm³/mol. The van der Waals surface area contributed by atoms with E-state index in [4.69, 9.17) is 0 Å². The molecule has 2 aliphatic rings. The molecule has 0 spiro atoms. The highest BCUT2D eigenvalue weighted by molar-refractivity contribution is 7.91. The first-order valence-corrected chi connectivity index (χ1v) is 12.5. The zero-order valence-electron chi connectivity index (χ0n) is 17.1. The summed E-state index contributed by atoms with van der Waals surface area (Å²) in [4.78, 5) is 39.5. The van der Waals surface area contributed by atoms with Crippen LogP contribution in [0.2, 0.25) is 0 Å². The van der Waals surface area contributed by atoms with Gasteiger partial charge in [0.25, 0.3) is 10.0 Å². The Hall–Kier alpha value is -1.92. The second-order valence-corrected chi connectivity index (χ2v) is 10.8. The molecule has 12 heteroatoms. The summed E-state index contributed by atoms with van der Waals surface area (Å²) in [6.45, 7) is 2.72. The molecule has 3 rings (SSSR count). The van der Waals surface area contributed by atoms with Crippen LogP contribution in [0.3, 0.4) is 0 Å². The van der Waals surface area contributed by atoms with Crippen LogP contribution in [0.25, 0.3) is 0 Å².